The van der Waals surface area contributed by atoms with Crippen LogP contribution < -0.4 is 5.43 Å². The van der Waals surface area contributed by atoms with E-state index in [1.807, 2.05) is 0 Å². The van der Waals surface area contributed by atoms with Crippen molar-refractivity contribution in [1.82, 2.24) is 5.43 Å². The normalized spacial score (nSPS) is 11.3. The number of benzene rings is 2. The smallest absolute Gasteiger partial charge is 0.272 e. The maximum atomic E-state index is 12.0. The Morgan fingerprint density at radius 2 is 1.86 bits per heavy atom. The zero-order valence-corrected chi connectivity index (χ0v) is 12.6. The summed E-state index contributed by atoms with van der Waals surface area (Å²) >= 11 is 11.8. The van der Waals surface area contributed by atoms with Crippen molar-refractivity contribution in [2.45, 2.75) is 6.92 Å². The van der Waals surface area contributed by atoms with Crippen molar-refractivity contribution in [2.75, 3.05) is 0 Å². The van der Waals surface area contributed by atoms with Crippen LogP contribution in [-0.4, -0.2) is 16.7 Å². The number of hydrogen-bond acceptors (Lipinski definition) is 3. The second-order valence-electron chi connectivity index (χ2n) is 4.28. The van der Waals surface area contributed by atoms with Crippen molar-refractivity contribution in [3.63, 3.8) is 0 Å². The van der Waals surface area contributed by atoms with Gasteiger partial charge in [0, 0.05) is 10.6 Å². The van der Waals surface area contributed by atoms with Gasteiger partial charge in [-0.2, -0.15) is 5.10 Å². The fourth-order valence-electron chi connectivity index (χ4n) is 1.70. The number of phenolic OH excluding ortho intramolecular Hbond substituents is 1. The van der Waals surface area contributed by atoms with Crippen LogP contribution in [0.25, 0.3) is 0 Å². The van der Waals surface area contributed by atoms with E-state index in [1.165, 1.54) is 6.07 Å². The molecule has 0 atom stereocenters. The summed E-state index contributed by atoms with van der Waals surface area (Å²) in [5, 5.41) is 14.5. The first-order chi connectivity index (χ1) is 9.99. The van der Waals surface area contributed by atoms with Crippen LogP contribution in [0.1, 0.15) is 22.8 Å². The highest BCUT2D eigenvalue weighted by Crippen LogP contribution is 2.22. The van der Waals surface area contributed by atoms with E-state index in [0.717, 1.165) is 0 Å². The average Bonchev–Trinajstić information content (AvgIpc) is 2.47. The SMILES string of the molecule is CC(=NNC(=O)c1ccccc1Cl)c1cc(Cl)ccc1O. The van der Waals surface area contributed by atoms with E-state index in [9.17, 15) is 9.90 Å². The molecule has 0 saturated heterocycles. The van der Waals surface area contributed by atoms with E-state index in [2.05, 4.69) is 10.5 Å². The van der Waals surface area contributed by atoms with Gasteiger partial charge in [0.2, 0.25) is 0 Å². The van der Waals surface area contributed by atoms with Crippen LogP contribution in [0, 0.1) is 0 Å². The summed E-state index contributed by atoms with van der Waals surface area (Å²) in [5.41, 5.74) is 3.59. The van der Waals surface area contributed by atoms with Crippen molar-refractivity contribution >= 4 is 34.8 Å². The summed E-state index contributed by atoms with van der Waals surface area (Å²) < 4.78 is 0. The molecule has 6 heteroatoms. The van der Waals surface area contributed by atoms with Gasteiger partial charge in [-0.1, -0.05) is 35.3 Å². The lowest BCUT2D eigenvalue weighted by Crippen LogP contribution is -2.19. The van der Waals surface area contributed by atoms with Gasteiger partial charge in [0.1, 0.15) is 5.75 Å². The molecular weight excluding hydrogens is 311 g/mol. The highest BCUT2D eigenvalue weighted by atomic mass is 35.5. The number of nitrogens with zero attached hydrogens (tertiary/aromatic N) is 1. The van der Waals surface area contributed by atoms with Gasteiger partial charge in [0.25, 0.3) is 5.91 Å². The van der Waals surface area contributed by atoms with Gasteiger partial charge in [-0.15, -0.1) is 0 Å². The molecule has 108 valence electrons. The van der Waals surface area contributed by atoms with Crippen LogP contribution in [0.4, 0.5) is 0 Å². The van der Waals surface area contributed by atoms with Gasteiger partial charge >= 0.3 is 0 Å². The van der Waals surface area contributed by atoms with Crippen molar-refractivity contribution in [3.8, 4) is 5.75 Å². The maximum absolute atomic E-state index is 12.0. The van der Waals surface area contributed by atoms with Crippen LogP contribution in [0.2, 0.25) is 10.0 Å². The van der Waals surface area contributed by atoms with Crippen LogP contribution in [0.3, 0.4) is 0 Å². The van der Waals surface area contributed by atoms with Crippen molar-refractivity contribution in [2.24, 2.45) is 5.10 Å². The molecule has 0 radical (unpaired) electrons. The van der Waals surface area contributed by atoms with Crippen LogP contribution >= 0.6 is 23.2 Å². The Morgan fingerprint density at radius 3 is 2.57 bits per heavy atom. The second-order valence-corrected chi connectivity index (χ2v) is 5.12. The lowest BCUT2D eigenvalue weighted by Gasteiger charge is -2.06. The van der Waals surface area contributed by atoms with Crippen molar-refractivity contribution < 1.29 is 9.90 Å². The first-order valence-corrected chi connectivity index (χ1v) is 6.82. The fraction of sp³-hybridized carbons (Fsp3) is 0.0667. The Morgan fingerprint density at radius 1 is 1.14 bits per heavy atom. The Hall–Kier alpha value is -2.04. The third-order valence-corrected chi connectivity index (χ3v) is 3.36. The van der Waals surface area contributed by atoms with Gasteiger partial charge in [-0.3, -0.25) is 4.79 Å². The molecule has 2 aromatic carbocycles. The molecule has 0 bridgehead atoms. The van der Waals surface area contributed by atoms with Crippen LogP contribution in [-0.2, 0) is 0 Å². The fourth-order valence-corrected chi connectivity index (χ4v) is 2.09. The minimum atomic E-state index is -0.429. The quantitative estimate of drug-likeness (QED) is 0.666. The molecule has 0 unspecified atom stereocenters. The summed E-state index contributed by atoms with van der Waals surface area (Å²) in [6, 6.07) is 11.3. The number of hydrogen-bond donors (Lipinski definition) is 2. The number of carbonyl (C=O) groups is 1. The minimum absolute atomic E-state index is 0.0349. The predicted molar refractivity (Wildman–Crippen MR) is 84.2 cm³/mol. The standard InChI is InChI=1S/C15H12Cl2N2O2/c1-9(12-8-10(16)6-7-14(12)20)18-19-15(21)11-4-2-3-5-13(11)17/h2-8,20H,1H3,(H,19,21). The molecular formula is C15H12Cl2N2O2. The summed E-state index contributed by atoms with van der Waals surface area (Å²) in [7, 11) is 0. The molecule has 2 aromatic rings. The molecule has 0 aromatic heterocycles. The molecule has 0 spiro atoms. The monoisotopic (exact) mass is 322 g/mol. The first-order valence-electron chi connectivity index (χ1n) is 6.07. The number of amides is 1. The van der Waals surface area contributed by atoms with Crippen LogP contribution in [0.15, 0.2) is 47.6 Å². The van der Waals surface area contributed by atoms with E-state index >= 15 is 0 Å². The predicted octanol–water partition coefficient (Wildman–Crippen LogP) is 3.85. The number of carbonyl (C=O) groups excluding carboxylic acids is 1. The average molecular weight is 323 g/mol. The summed E-state index contributed by atoms with van der Waals surface area (Å²) in [5.74, 6) is -0.394. The van der Waals surface area contributed by atoms with Gasteiger partial charge in [-0.05, 0) is 37.3 Å². The maximum Gasteiger partial charge on any atom is 0.272 e. The third kappa shape index (κ3) is 3.74. The van der Waals surface area contributed by atoms with E-state index in [0.29, 0.717) is 26.9 Å². The van der Waals surface area contributed by atoms with Gasteiger partial charge in [0.05, 0.1) is 16.3 Å². The number of rotatable bonds is 3. The topological polar surface area (TPSA) is 61.7 Å². The molecule has 2 N–H and O–H groups in total. The second kappa shape index (κ2) is 6.61. The Bertz CT molecular complexity index is 715. The molecule has 0 fully saturated rings. The number of nitrogens with one attached hydrogen (secondary N) is 1. The lowest BCUT2D eigenvalue weighted by atomic mass is 10.1. The number of phenols is 1. The minimum Gasteiger partial charge on any atom is -0.507 e. The Labute approximate surface area is 132 Å². The molecule has 0 saturated carbocycles. The van der Waals surface area contributed by atoms with E-state index in [4.69, 9.17) is 23.2 Å². The van der Waals surface area contributed by atoms with E-state index in [-0.39, 0.29) is 5.75 Å². The summed E-state index contributed by atoms with van der Waals surface area (Å²) in [6.45, 7) is 1.65. The molecule has 1 amide bonds. The third-order valence-electron chi connectivity index (χ3n) is 2.79. The van der Waals surface area contributed by atoms with Crippen molar-refractivity contribution in [3.05, 3.63) is 63.6 Å². The summed E-state index contributed by atoms with van der Waals surface area (Å²) in [4.78, 5) is 12.0. The van der Waals surface area contributed by atoms with E-state index in [1.54, 1.807) is 43.3 Å². The Kier molecular flexibility index (Phi) is 4.83. The number of hydrazone groups is 1. The molecule has 2 rings (SSSR count). The zero-order chi connectivity index (χ0) is 15.4. The largest absolute Gasteiger partial charge is 0.507 e. The molecule has 21 heavy (non-hydrogen) atoms. The van der Waals surface area contributed by atoms with Crippen molar-refractivity contribution in [1.29, 1.82) is 0 Å². The Balaban J connectivity index is 2.19. The number of halogens is 2. The molecule has 0 aliphatic carbocycles. The number of aromatic hydroxyl groups is 1. The van der Waals surface area contributed by atoms with E-state index < -0.39 is 5.91 Å². The molecule has 4 nitrogen and oxygen atoms in total. The van der Waals surface area contributed by atoms with Gasteiger partial charge < -0.3 is 5.11 Å². The highest BCUT2D eigenvalue weighted by Gasteiger charge is 2.10. The highest BCUT2D eigenvalue weighted by molar-refractivity contribution is 6.33. The molecule has 0 heterocycles. The van der Waals surface area contributed by atoms with Gasteiger partial charge in [0.15, 0.2) is 0 Å². The van der Waals surface area contributed by atoms with Gasteiger partial charge in [-0.25, -0.2) is 5.43 Å². The first kappa shape index (κ1) is 15.4. The zero-order valence-electron chi connectivity index (χ0n) is 11.1. The lowest BCUT2D eigenvalue weighted by molar-refractivity contribution is 0.0955. The molecule has 0 aliphatic heterocycles. The summed E-state index contributed by atoms with van der Waals surface area (Å²) in [6.07, 6.45) is 0. The molecule has 0 aliphatic rings. The van der Waals surface area contributed by atoms with Crippen LogP contribution in [0.5, 0.6) is 5.75 Å².